The van der Waals surface area contributed by atoms with Crippen molar-refractivity contribution in [3.05, 3.63) is 11.6 Å². The number of carbonyl (C=O) groups is 1. The first-order valence-corrected chi connectivity index (χ1v) is 3.53. The van der Waals surface area contributed by atoms with Crippen molar-refractivity contribution in [1.29, 1.82) is 0 Å². The van der Waals surface area contributed by atoms with E-state index in [1.54, 1.807) is 6.21 Å². The van der Waals surface area contributed by atoms with Crippen molar-refractivity contribution in [2.45, 2.75) is 27.2 Å². The molecule has 1 aliphatic heterocycles. The average Bonchev–Trinajstić information content (AvgIpc) is 2.00. The third-order valence-electron chi connectivity index (χ3n) is 1.01. The third kappa shape index (κ3) is 3.17. The summed E-state index contributed by atoms with van der Waals surface area (Å²) in [6.45, 7) is 5.93. The molecule has 10 heavy (non-hydrogen) atoms. The molecule has 0 bridgehead atoms. The predicted molar refractivity (Wildman–Crippen MR) is 43.2 cm³/mol. The normalized spacial score (nSPS) is 15.5. The Kier molecular flexibility index (Phi) is 4.46. The molecule has 0 saturated carbocycles. The molecule has 0 aliphatic carbocycles. The number of rotatable bonds is 0. The number of aliphatic imine (C=N–C) groups is 1. The van der Waals surface area contributed by atoms with Crippen molar-refractivity contribution in [2.75, 3.05) is 0 Å². The highest BCUT2D eigenvalue weighted by Crippen LogP contribution is 1.99. The third-order valence-corrected chi connectivity index (χ3v) is 1.01. The molecular formula is C8H13NO. The summed E-state index contributed by atoms with van der Waals surface area (Å²) in [6.07, 6.45) is 3.93. The number of nitrogens with zero attached hydrogens (tertiary/aromatic N) is 1. The minimum atomic E-state index is -0.0457. The van der Waals surface area contributed by atoms with Gasteiger partial charge in [0.2, 0.25) is 5.91 Å². The Labute approximate surface area is 61.7 Å². The minimum Gasteiger partial charge on any atom is -0.272 e. The molecule has 0 fully saturated rings. The first kappa shape index (κ1) is 9.08. The maximum atomic E-state index is 10.4. The van der Waals surface area contributed by atoms with Gasteiger partial charge in [0.1, 0.15) is 0 Å². The molecule has 0 aromatic carbocycles. The van der Waals surface area contributed by atoms with E-state index >= 15 is 0 Å². The molecule has 0 saturated heterocycles. The summed E-state index contributed by atoms with van der Waals surface area (Å²) in [7, 11) is 0. The highest BCUT2D eigenvalue weighted by atomic mass is 16.1. The van der Waals surface area contributed by atoms with Crippen molar-refractivity contribution in [1.82, 2.24) is 0 Å². The summed E-state index contributed by atoms with van der Waals surface area (Å²) in [5.41, 5.74) is 1.07. The molecule has 2 nitrogen and oxygen atoms in total. The van der Waals surface area contributed by atoms with Gasteiger partial charge in [0, 0.05) is 12.6 Å². The van der Waals surface area contributed by atoms with Crippen molar-refractivity contribution in [3.8, 4) is 0 Å². The zero-order valence-corrected chi connectivity index (χ0v) is 6.72. The topological polar surface area (TPSA) is 29.4 Å². The maximum Gasteiger partial charge on any atom is 0.249 e. The Morgan fingerprint density at radius 1 is 1.50 bits per heavy atom. The fourth-order valence-corrected chi connectivity index (χ4v) is 0.528. The molecule has 1 aliphatic rings. The quantitative estimate of drug-likeness (QED) is 0.504. The van der Waals surface area contributed by atoms with Crippen LogP contribution >= 0.6 is 0 Å². The number of amides is 1. The van der Waals surface area contributed by atoms with Crippen LogP contribution < -0.4 is 0 Å². The van der Waals surface area contributed by atoms with E-state index in [1.807, 2.05) is 26.8 Å². The minimum absolute atomic E-state index is 0.0457. The van der Waals surface area contributed by atoms with Gasteiger partial charge in [-0.15, -0.1) is 0 Å². The Bertz CT molecular complexity index is 165. The van der Waals surface area contributed by atoms with E-state index < -0.39 is 0 Å². The first-order valence-electron chi connectivity index (χ1n) is 3.53. The maximum absolute atomic E-state index is 10.4. The summed E-state index contributed by atoms with van der Waals surface area (Å²) in [5, 5.41) is 0. The summed E-state index contributed by atoms with van der Waals surface area (Å²) >= 11 is 0. The fraction of sp³-hybridized carbons (Fsp3) is 0.500. The van der Waals surface area contributed by atoms with E-state index in [1.165, 1.54) is 0 Å². The molecule has 1 amide bonds. The molecule has 2 heteroatoms. The molecule has 1 heterocycles. The monoisotopic (exact) mass is 139 g/mol. The van der Waals surface area contributed by atoms with Crippen LogP contribution in [-0.4, -0.2) is 12.1 Å². The van der Waals surface area contributed by atoms with Gasteiger partial charge in [0.15, 0.2) is 0 Å². The van der Waals surface area contributed by atoms with Crippen molar-refractivity contribution < 1.29 is 4.79 Å². The second kappa shape index (κ2) is 4.91. The van der Waals surface area contributed by atoms with E-state index in [-0.39, 0.29) is 5.91 Å². The van der Waals surface area contributed by atoms with Gasteiger partial charge < -0.3 is 0 Å². The Balaban J connectivity index is 0.000000371. The van der Waals surface area contributed by atoms with E-state index in [2.05, 4.69) is 4.99 Å². The molecule has 0 unspecified atom stereocenters. The SMILES string of the molecule is CC.CC1=CCC(=O)N=C1. The molecule has 0 aromatic rings. The largest absolute Gasteiger partial charge is 0.272 e. The smallest absolute Gasteiger partial charge is 0.249 e. The highest BCUT2D eigenvalue weighted by molar-refractivity contribution is 5.95. The molecule has 1 rings (SSSR count). The zero-order valence-electron chi connectivity index (χ0n) is 6.72. The van der Waals surface area contributed by atoms with E-state index in [4.69, 9.17) is 0 Å². The van der Waals surface area contributed by atoms with Gasteiger partial charge in [0.25, 0.3) is 0 Å². The lowest BCUT2D eigenvalue weighted by Gasteiger charge is -1.95. The predicted octanol–water partition coefficient (Wildman–Crippen LogP) is 1.96. The number of hydrogen-bond acceptors (Lipinski definition) is 1. The van der Waals surface area contributed by atoms with Gasteiger partial charge >= 0.3 is 0 Å². The molecule has 0 radical (unpaired) electrons. The Morgan fingerprint density at radius 3 is 2.40 bits per heavy atom. The van der Waals surface area contributed by atoms with Crippen molar-refractivity contribution in [3.63, 3.8) is 0 Å². The fourth-order valence-electron chi connectivity index (χ4n) is 0.528. The van der Waals surface area contributed by atoms with Crippen molar-refractivity contribution >= 4 is 12.1 Å². The van der Waals surface area contributed by atoms with E-state index in [9.17, 15) is 4.79 Å². The van der Waals surface area contributed by atoms with E-state index in [0.29, 0.717) is 6.42 Å². The van der Waals surface area contributed by atoms with Crippen LogP contribution in [0.4, 0.5) is 0 Å². The number of dihydropyridines is 1. The van der Waals surface area contributed by atoms with Gasteiger partial charge in [-0.3, -0.25) is 4.79 Å². The number of hydrogen-bond donors (Lipinski definition) is 0. The van der Waals surface area contributed by atoms with Gasteiger partial charge in [-0.05, 0) is 12.5 Å². The Morgan fingerprint density at radius 2 is 2.10 bits per heavy atom. The number of carbonyl (C=O) groups excluding carboxylic acids is 1. The second-order valence-electron chi connectivity index (χ2n) is 1.80. The molecular weight excluding hydrogens is 126 g/mol. The zero-order chi connectivity index (χ0) is 7.98. The standard InChI is InChI=1S/C6H7NO.C2H6/c1-5-2-3-6(8)7-4-5;1-2/h2,4H,3H2,1H3;1-2H3. The molecule has 0 N–H and O–H groups in total. The number of allylic oxidation sites excluding steroid dienone is 1. The Hall–Kier alpha value is -0.920. The lowest BCUT2D eigenvalue weighted by Crippen LogP contribution is -1.97. The van der Waals surface area contributed by atoms with Crippen LogP contribution in [0.1, 0.15) is 27.2 Å². The summed E-state index contributed by atoms with van der Waals surface area (Å²) in [5.74, 6) is -0.0457. The van der Waals surface area contributed by atoms with Crippen molar-refractivity contribution in [2.24, 2.45) is 4.99 Å². The lowest BCUT2D eigenvalue weighted by molar-refractivity contribution is -0.117. The highest BCUT2D eigenvalue weighted by Gasteiger charge is 1.98. The molecule has 0 spiro atoms. The first-order chi connectivity index (χ1) is 4.79. The lowest BCUT2D eigenvalue weighted by atomic mass is 10.2. The molecule has 0 atom stereocenters. The van der Waals surface area contributed by atoms with Gasteiger partial charge in [-0.1, -0.05) is 19.9 Å². The van der Waals surface area contributed by atoms with Gasteiger partial charge in [-0.25, -0.2) is 4.99 Å². The van der Waals surface area contributed by atoms with Gasteiger partial charge in [0.05, 0.1) is 0 Å². The van der Waals surface area contributed by atoms with E-state index in [0.717, 1.165) is 5.57 Å². The van der Waals surface area contributed by atoms with Gasteiger partial charge in [-0.2, -0.15) is 0 Å². The van der Waals surface area contributed by atoms with Crippen LogP contribution in [0.3, 0.4) is 0 Å². The average molecular weight is 139 g/mol. The van der Waals surface area contributed by atoms with Crippen LogP contribution in [0.2, 0.25) is 0 Å². The van der Waals surface area contributed by atoms with Crippen LogP contribution in [0.25, 0.3) is 0 Å². The summed E-state index contributed by atoms with van der Waals surface area (Å²) in [6, 6.07) is 0. The summed E-state index contributed by atoms with van der Waals surface area (Å²) in [4.78, 5) is 13.9. The van der Waals surface area contributed by atoms with Crippen LogP contribution in [-0.2, 0) is 4.79 Å². The second-order valence-corrected chi connectivity index (χ2v) is 1.80. The molecule has 0 aromatic heterocycles. The van der Waals surface area contributed by atoms with Crippen LogP contribution in [0.5, 0.6) is 0 Å². The van der Waals surface area contributed by atoms with Crippen LogP contribution in [0, 0.1) is 0 Å². The summed E-state index contributed by atoms with van der Waals surface area (Å²) < 4.78 is 0. The molecule has 56 valence electrons. The van der Waals surface area contributed by atoms with Crippen LogP contribution in [0.15, 0.2) is 16.6 Å².